The Morgan fingerprint density at radius 3 is 2.85 bits per heavy atom. The monoisotopic (exact) mass is 421 g/mol. The number of aryl methyl sites for hydroxylation is 1. The predicted octanol–water partition coefficient (Wildman–Crippen LogP) is 3.76. The van der Waals surface area contributed by atoms with Gasteiger partial charge in [0, 0.05) is 31.0 Å². The molecule has 0 radical (unpaired) electrons. The summed E-state index contributed by atoms with van der Waals surface area (Å²) < 4.78 is 0.691. The maximum absolute atomic E-state index is 11.8. The van der Waals surface area contributed by atoms with Crippen LogP contribution in [0.4, 0.5) is 5.82 Å². The van der Waals surface area contributed by atoms with Crippen molar-refractivity contribution in [3.05, 3.63) is 21.8 Å². The van der Waals surface area contributed by atoms with Gasteiger partial charge in [-0.3, -0.25) is 9.59 Å². The summed E-state index contributed by atoms with van der Waals surface area (Å²) in [4.78, 5) is 42.0. The Morgan fingerprint density at radius 1 is 1.41 bits per heavy atom. The highest BCUT2D eigenvalue weighted by molar-refractivity contribution is 8.00. The molecule has 0 aliphatic carbocycles. The largest absolute Gasteiger partial charge is 0.348 e. The van der Waals surface area contributed by atoms with E-state index in [1.807, 2.05) is 11.8 Å². The first kappa shape index (κ1) is 18.4. The van der Waals surface area contributed by atoms with Gasteiger partial charge in [-0.05, 0) is 18.2 Å². The topological polar surface area (TPSA) is 91.8 Å². The van der Waals surface area contributed by atoms with E-state index in [0.29, 0.717) is 51.2 Å². The first-order chi connectivity index (χ1) is 13.0. The summed E-state index contributed by atoms with van der Waals surface area (Å²) in [5, 5.41) is 3.58. The van der Waals surface area contributed by atoms with Crippen LogP contribution < -0.4 is 4.90 Å². The van der Waals surface area contributed by atoms with Crippen LogP contribution in [0.3, 0.4) is 0 Å². The normalized spacial score (nSPS) is 14.5. The molecule has 4 rings (SSSR count). The number of aromatic nitrogens is 4. The molecule has 0 bridgehead atoms. The van der Waals surface area contributed by atoms with Crippen molar-refractivity contribution in [2.24, 2.45) is 0 Å². The lowest BCUT2D eigenvalue weighted by Gasteiger charge is -2.17. The van der Waals surface area contributed by atoms with Crippen molar-refractivity contribution in [1.82, 2.24) is 19.9 Å². The number of nitrogens with zero attached hydrogens (tertiary/aromatic N) is 4. The number of thiazole rings is 1. The number of anilines is 1. The highest BCUT2D eigenvalue weighted by Crippen LogP contribution is 2.37. The Labute approximate surface area is 168 Å². The van der Waals surface area contributed by atoms with E-state index in [1.165, 1.54) is 30.0 Å². The minimum Gasteiger partial charge on any atom is -0.348 e. The van der Waals surface area contributed by atoms with Gasteiger partial charge in [0.05, 0.1) is 17.0 Å². The van der Waals surface area contributed by atoms with Gasteiger partial charge >= 0.3 is 0 Å². The molecule has 1 N–H and O–H groups in total. The second kappa shape index (κ2) is 7.21. The third-order valence-electron chi connectivity index (χ3n) is 4.33. The van der Waals surface area contributed by atoms with Gasteiger partial charge in [0.15, 0.2) is 21.1 Å². The van der Waals surface area contributed by atoms with Crippen LogP contribution in [0, 0.1) is 0 Å². The van der Waals surface area contributed by atoms with Gasteiger partial charge in [0.2, 0.25) is 0 Å². The lowest BCUT2D eigenvalue weighted by atomic mass is 10.3. The van der Waals surface area contributed by atoms with E-state index in [4.69, 9.17) is 11.6 Å². The zero-order chi connectivity index (χ0) is 19.1. The number of ketones is 2. The van der Waals surface area contributed by atoms with Crippen molar-refractivity contribution in [1.29, 1.82) is 0 Å². The molecule has 0 aromatic carbocycles. The molecule has 0 amide bonds. The van der Waals surface area contributed by atoms with Crippen LogP contribution in [-0.2, 0) is 11.2 Å². The quantitative estimate of drug-likeness (QED) is 0.495. The average molecular weight is 422 g/mol. The minimum atomic E-state index is -0.0746. The molecule has 3 aromatic heterocycles. The number of aromatic amines is 1. The molecule has 0 saturated carbocycles. The van der Waals surface area contributed by atoms with Gasteiger partial charge in [0.25, 0.3) is 0 Å². The number of Topliss-reactive ketones (excluding diaryl/α,β-unsaturated/α-hetero) is 2. The van der Waals surface area contributed by atoms with Crippen molar-refractivity contribution < 1.29 is 9.59 Å². The molecule has 1 saturated heterocycles. The number of carbonyl (C=O) groups is 2. The Balaban J connectivity index is 1.79. The van der Waals surface area contributed by atoms with E-state index < -0.39 is 0 Å². The molecule has 0 atom stereocenters. The Morgan fingerprint density at radius 2 is 2.22 bits per heavy atom. The second-order valence-corrected chi connectivity index (χ2v) is 8.64. The van der Waals surface area contributed by atoms with Crippen LogP contribution in [0.25, 0.3) is 11.0 Å². The number of hydrogen-bond acceptors (Lipinski definition) is 8. The summed E-state index contributed by atoms with van der Waals surface area (Å²) in [7, 11) is 0. The van der Waals surface area contributed by atoms with Crippen LogP contribution in [0.5, 0.6) is 0 Å². The number of nitrogens with one attached hydrogen (secondary N) is 1. The van der Waals surface area contributed by atoms with Gasteiger partial charge in [0.1, 0.15) is 17.2 Å². The highest BCUT2D eigenvalue weighted by atomic mass is 35.5. The second-order valence-electron chi connectivity index (χ2n) is 6.19. The van der Waals surface area contributed by atoms with Crippen molar-refractivity contribution >= 4 is 63.1 Å². The molecule has 4 heterocycles. The third kappa shape index (κ3) is 3.46. The van der Waals surface area contributed by atoms with Gasteiger partial charge < -0.3 is 9.88 Å². The molecule has 27 heavy (non-hydrogen) atoms. The molecule has 10 heteroatoms. The average Bonchev–Trinajstić information content (AvgIpc) is 3.34. The first-order valence-electron chi connectivity index (χ1n) is 8.45. The van der Waals surface area contributed by atoms with Crippen LogP contribution in [0.2, 0.25) is 5.02 Å². The van der Waals surface area contributed by atoms with Crippen LogP contribution >= 0.6 is 34.7 Å². The van der Waals surface area contributed by atoms with E-state index in [-0.39, 0.29) is 11.6 Å². The summed E-state index contributed by atoms with van der Waals surface area (Å²) in [6.07, 6.45) is 1.25. The summed E-state index contributed by atoms with van der Waals surface area (Å²) in [6, 6.07) is 0. The number of halogens is 1. The Hall–Kier alpha value is -1.97. The fourth-order valence-electron chi connectivity index (χ4n) is 2.94. The molecule has 0 unspecified atom stereocenters. The van der Waals surface area contributed by atoms with Gasteiger partial charge in [-0.2, -0.15) is 0 Å². The SMILES string of the molecule is CCc1[nH]c2nc(Sc3nc(C(C)=O)cs3)nc(N3CCC(=O)C3)c2c1Cl. The molecular weight excluding hydrogens is 406 g/mol. The fourth-order valence-corrected chi connectivity index (χ4v) is 5.01. The van der Waals surface area contributed by atoms with Gasteiger partial charge in [-0.15, -0.1) is 11.3 Å². The predicted molar refractivity (Wildman–Crippen MR) is 106 cm³/mol. The minimum absolute atomic E-state index is 0.0746. The third-order valence-corrected chi connectivity index (χ3v) is 6.55. The standard InChI is InChI=1S/C17H16ClN5O2S2/c1-3-10-13(18)12-14(19-10)21-16(22-15(12)23-5-4-9(25)6-23)27-17-20-11(7-26-17)8(2)24/h7H,3-6H2,1-2H3,(H,19,21,22). The summed E-state index contributed by atoms with van der Waals surface area (Å²) in [5.41, 5.74) is 1.97. The maximum atomic E-state index is 11.8. The summed E-state index contributed by atoms with van der Waals surface area (Å²) >= 11 is 9.22. The molecule has 7 nitrogen and oxygen atoms in total. The number of H-pyrrole nitrogens is 1. The fraction of sp³-hybridized carbons (Fsp3) is 0.353. The van der Waals surface area contributed by atoms with Gasteiger partial charge in [-0.25, -0.2) is 15.0 Å². The molecule has 1 aliphatic rings. The molecular formula is C17H16ClN5O2S2. The number of rotatable bonds is 5. The number of fused-ring (bicyclic) bond motifs is 1. The summed E-state index contributed by atoms with van der Waals surface area (Å²) in [6.45, 7) is 4.44. The molecule has 1 aliphatic heterocycles. The molecule has 140 valence electrons. The molecule has 3 aromatic rings. The summed E-state index contributed by atoms with van der Waals surface area (Å²) in [5.74, 6) is 0.775. The van der Waals surface area contributed by atoms with Crippen molar-refractivity contribution in [2.75, 3.05) is 18.0 Å². The van der Waals surface area contributed by atoms with Crippen LogP contribution in [0.1, 0.15) is 36.5 Å². The van der Waals surface area contributed by atoms with E-state index in [1.54, 1.807) is 5.38 Å². The van der Waals surface area contributed by atoms with Crippen molar-refractivity contribution in [3.8, 4) is 0 Å². The van der Waals surface area contributed by atoms with E-state index >= 15 is 0 Å². The lowest BCUT2D eigenvalue weighted by molar-refractivity contribution is -0.116. The van der Waals surface area contributed by atoms with Crippen LogP contribution in [0.15, 0.2) is 14.9 Å². The van der Waals surface area contributed by atoms with Crippen molar-refractivity contribution in [3.63, 3.8) is 0 Å². The lowest BCUT2D eigenvalue weighted by Crippen LogP contribution is -2.21. The molecule has 1 fully saturated rings. The Kier molecular flexibility index (Phi) is 4.92. The highest BCUT2D eigenvalue weighted by Gasteiger charge is 2.26. The Bertz CT molecular complexity index is 1060. The number of carbonyl (C=O) groups excluding carboxylic acids is 2. The zero-order valence-corrected chi connectivity index (χ0v) is 17.1. The van der Waals surface area contributed by atoms with Crippen molar-refractivity contribution in [2.45, 2.75) is 36.2 Å². The van der Waals surface area contributed by atoms with E-state index in [2.05, 4.69) is 19.9 Å². The smallest absolute Gasteiger partial charge is 0.198 e. The van der Waals surface area contributed by atoms with E-state index in [0.717, 1.165) is 17.5 Å². The maximum Gasteiger partial charge on any atom is 0.198 e. The van der Waals surface area contributed by atoms with Crippen LogP contribution in [-0.4, -0.2) is 44.6 Å². The van der Waals surface area contributed by atoms with Gasteiger partial charge in [-0.1, -0.05) is 18.5 Å². The zero-order valence-electron chi connectivity index (χ0n) is 14.7. The van der Waals surface area contributed by atoms with E-state index in [9.17, 15) is 9.59 Å². The molecule has 0 spiro atoms. The number of hydrogen-bond donors (Lipinski definition) is 1. The first-order valence-corrected chi connectivity index (χ1v) is 10.5.